The molecule has 0 aromatic heterocycles. The SMILES string of the molecule is CCCCCCCCCCCCCCCCC[C](=O)[Al]([C](=O)CCCCCCCCCCCCCCCCC)[CH](C)C. The minimum atomic E-state index is -1.96. The van der Waals surface area contributed by atoms with Gasteiger partial charge in [0.05, 0.1) is 9.29 Å². The van der Waals surface area contributed by atoms with E-state index in [1.54, 1.807) is 0 Å². The summed E-state index contributed by atoms with van der Waals surface area (Å²) in [6.07, 6.45) is 41.7. The zero-order valence-corrected chi connectivity index (χ0v) is 30.8. The first-order chi connectivity index (χ1) is 20.5. The van der Waals surface area contributed by atoms with Crippen molar-refractivity contribution in [1.82, 2.24) is 0 Å². The number of carbonyl (C=O) groups is 2. The maximum absolute atomic E-state index is 13.0. The molecular formula is C39H77AlO2. The van der Waals surface area contributed by atoms with Crippen molar-refractivity contribution in [3.63, 3.8) is 0 Å². The van der Waals surface area contributed by atoms with Gasteiger partial charge in [0.1, 0.15) is 0 Å². The van der Waals surface area contributed by atoms with E-state index in [4.69, 9.17) is 0 Å². The lowest BCUT2D eigenvalue weighted by molar-refractivity contribution is -0.116. The topological polar surface area (TPSA) is 34.1 Å². The van der Waals surface area contributed by atoms with E-state index in [0.29, 0.717) is 22.1 Å². The van der Waals surface area contributed by atoms with Gasteiger partial charge in [-0.2, -0.15) is 0 Å². The van der Waals surface area contributed by atoms with Crippen molar-refractivity contribution in [3.8, 4) is 0 Å². The molecule has 248 valence electrons. The fourth-order valence-electron chi connectivity index (χ4n) is 6.58. The average molecular weight is 605 g/mol. The van der Waals surface area contributed by atoms with Gasteiger partial charge < -0.3 is 9.59 Å². The molecule has 0 aliphatic rings. The van der Waals surface area contributed by atoms with E-state index < -0.39 is 14.1 Å². The van der Waals surface area contributed by atoms with E-state index >= 15 is 0 Å². The van der Waals surface area contributed by atoms with Crippen LogP contribution in [0.4, 0.5) is 0 Å². The van der Waals surface area contributed by atoms with Crippen LogP contribution < -0.4 is 0 Å². The lowest BCUT2D eigenvalue weighted by Crippen LogP contribution is -2.38. The highest BCUT2D eigenvalue weighted by molar-refractivity contribution is 7.11. The third kappa shape index (κ3) is 28.6. The molecule has 0 saturated carbocycles. The summed E-state index contributed by atoms with van der Waals surface area (Å²) in [7, 11) is 0. The van der Waals surface area contributed by atoms with Crippen molar-refractivity contribution in [1.29, 1.82) is 0 Å². The third-order valence-electron chi connectivity index (χ3n) is 9.41. The first-order valence-electron chi connectivity index (χ1n) is 19.6. The molecule has 0 radical (unpaired) electrons. The van der Waals surface area contributed by atoms with Crippen LogP contribution in [0.1, 0.15) is 233 Å². The molecule has 0 aliphatic carbocycles. The minimum Gasteiger partial charge on any atom is -0.320 e. The second-order valence-electron chi connectivity index (χ2n) is 14.1. The van der Waals surface area contributed by atoms with Gasteiger partial charge in [-0.1, -0.05) is 212 Å². The van der Waals surface area contributed by atoms with Gasteiger partial charge in [0.25, 0.3) is 0 Å². The van der Waals surface area contributed by atoms with Gasteiger partial charge in [-0.05, 0) is 25.7 Å². The van der Waals surface area contributed by atoms with Crippen LogP contribution >= 0.6 is 0 Å². The van der Waals surface area contributed by atoms with Gasteiger partial charge in [-0.3, -0.25) is 0 Å². The van der Waals surface area contributed by atoms with Gasteiger partial charge in [0.15, 0.2) is 0 Å². The highest BCUT2D eigenvalue weighted by Gasteiger charge is 2.37. The zero-order chi connectivity index (χ0) is 30.9. The Labute approximate surface area is 270 Å². The molecule has 42 heavy (non-hydrogen) atoms. The Kier molecular flexibility index (Phi) is 33.7. The quantitative estimate of drug-likeness (QED) is 0.0532. The van der Waals surface area contributed by atoms with E-state index in [2.05, 4.69) is 27.7 Å². The van der Waals surface area contributed by atoms with Crippen molar-refractivity contribution in [2.45, 2.75) is 238 Å². The van der Waals surface area contributed by atoms with Gasteiger partial charge in [-0.25, -0.2) is 0 Å². The number of hydrogen-bond acceptors (Lipinski definition) is 2. The molecule has 0 spiro atoms. The van der Waals surface area contributed by atoms with Crippen molar-refractivity contribution in [2.75, 3.05) is 0 Å². The van der Waals surface area contributed by atoms with E-state index in [1.165, 1.54) is 167 Å². The van der Waals surface area contributed by atoms with Crippen LogP contribution in [0.25, 0.3) is 0 Å². The molecule has 0 atom stereocenters. The molecule has 0 bridgehead atoms. The molecule has 0 amide bonds. The van der Waals surface area contributed by atoms with Crippen LogP contribution in [-0.2, 0) is 9.59 Å². The predicted octanol–water partition coefficient (Wildman–Crippen LogP) is 13.6. The van der Waals surface area contributed by atoms with Gasteiger partial charge in [-0.15, -0.1) is 0 Å². The van der Waals surface area contributed by atoms with E-state index in [9.17, 15) is 9.59 Å². The summed E-state index contributed by atoms with van der Waals surface area (Å²) in [5.74, 6) is 0. The Morgan fingerprint density at radius 3 is 0.738 bits per heavy atom. The molecule has 0 saturated heterocycles. The lowest BCUT2D eigenvalue weighted by atomic mass is 10.0. The number of hydrogen-bond donors (Lipinski definition) is 0. The summed E-state index contributed by atoms with van der Waals surface area (Å²) in [5.41, 5.74) is 0. The lowest BCUT2D eigenvalue weighted by Gasteiger charge is -2.13. The third-order valence-corrected chi connectivity index (χ3v) is 12.7. The van der Waals surface area contributed by atoms with E-state index in [0.717, 1.165) is 25.7 Å². The molecule has 0 aromatic rings. The smallest absolute Gasteiger partial charge is 0.320 e. The fourth-order valence-corrected chi connectivity index (χ4v) is 9.45. The molecule has 0 heterocycles. The Bertz CT molecular complexity index is 527. The minimum absolute atomic E-state index is 0.276. The summed E-state index contributed by atoms with van der Waals surface area (Å²) < 4.78 is 0.981. The molecule has 0 aromatic carbocycles. The molecular weight excluding hydrogens is 527 g/mol. The maximum Gasteiger partial charge on any atom is 0.463 e. The number of rotatable bonds is 35. The highest BCUT2D eigenvalue weighted by Crippen LogP contribution is 2.19. The monoisotopic (exact) mass is 605 g/mol. The largest absolute Gasteiger partial charge is 0.463 e. The average Bonchev–Trinajstić information content (AvgIpc) is 2.97. The van der Waals surface area contributed by atoms with Crippen LogP contribution in [0.3, 0.4) is 0 Å². The van der Waals surface area contributed by atoms with Crippen LogP contribution in [0.15, 0.2) is 0 Å². The molecule has 0 aliphatic heterocycles. The molecule has 2 nitrogen and oxygen atoms in total. The number of carbonyl (C=O) groups excluding carboxylic acids is 2. The van der Waals surface area contributed by atoms with Crippen molar-refractivity contribution < 1.29 is 9.59 Å². The summed E-state index contributed by atoms with van der Waals surface area (Å²) in [6, 6.07) is 0. The Balaban J connectivity index is 3.65. The zero-order valence-electron chi connectivity index (χ0n) is 29.6. The predicted molar refractivity (Wildman–Crippen MR) is 190 cm³/mol. The second-order valence-corrected chi connectivity index (χ2v) is 17.6. The maximum atomic E-state index is 13.0. The Morgan fingerprint density at radius 2 is 0.548 bits per heavy atom. The van der Waals surface area contributed by atoms with Crippen LogP contribution in [-0.4, -0.2) is 23.4 Å². The number of unbranched alkanes of at least 4 members (excludes halogenated alkanes) is 28. The van der Waals surface area contributed by atoms with Crippen LogP contribution in [0.5, 0.6) is 0 Å². The molecule has 0 rings (SSSR count). The van der Waals surface area contributed by atoms with E-state index in [1.807, 2.05) is 0 Å². The van der Waals surface area contributed by atoms with Crippen LogP contribution in [0.2, 0.25) is 4.78 Å². The van der Waals surface area contributed by atoms with Crippen molar-refractivity contribution in [3.05, 3.63) is 0 Å². The molecule has 3 heteroatoms. The normalized spacial score (nSPS) is 11.5. The highest BCUT2D eigenvalue weighted by atomic mass is 27.2. The Hall–Kier alpha value is -0.128. The molecule has 0 fully saturated rings. The van der Waals surface area contributed by atoms with Crippen molar-refractivity contribution >= 4 is 23.4 Å². The summed E-state index contributed by atoms with van der Waals surface area (Å²) in [6.45, 7) is 8.81. The summed E-state index contributed by atoms with van der Waals surface area (Å²) in [5, 5.41) is 0. The van der Waals surface area contributed by atoms with Gasteiger partial charge in [0, 0.05) is 0 Å². The van der Waals surface area contributed by atoms with Gasteiger partial charge >= 0.3 is 14.1 Å². The van der Waals surface area contributed by atoms with Gasteiger partial charge in [0.2, 0.25) is 0 Å². The van der Waals surface area contributed by atoms with Crippen LogP contribution in [0, 0.1) is 0 Å². The second kappa shape index (κ2) is 33.8. The van der Waals surface area contributed by atoms with Crippen molar-refractivity contribution in [2.24, 2.45) is 0 Å². The first-order valence-corrected chi connectivity index (χ1v) is 21.4. The fraction of sp³-hybridized carbons (Fsp3) is 0.949. The summed E-state index contributed by atoms with van der Waals surface area (Å²) >= 11 is -1.96. The molecule has 0 unspecified atom stereocenters. The first kappa shape index (κ1) is 41.9. The summed E-state index contributed by atoms with van der Waals surface area (Å²) in [4.78, 5) is 25.9. The standard InChI is InChI=1S/2C18H35O.C3H7.Al/c2*1-2-3-4-5-6-7-8-9-10-11-12-13-14-15-16-17-18-19;1-3-2;/h2*2-17H2,1H3;3H,1-2H3;. The Morgan fingerprint density at radius 1 is 0.357 bits per heavy atom. The molecule has 0 N–H and O–H groups in total. The van der Waals surface area contributed by atoms with E-state index in [-0.39, 0.29) is 4.78 Å².